The molecular formula is C16H26N2O. The van der Waals surface area contributed by atoms with Gasteiger partial charge >= 0.3 is 6.03 Å². The standard InChI is InChI=1S/C16H26N2O/c1-5-7-8-9-16(6-2)10-12-18(13-11-16)15(19)17-14(3)4/h5,7-8H,1,6,9-13H2,2-4H3. The van der Waals surface area contributed by atoms with Gasteiger partial charge in [-0.05, 0) is 38.5 Å². The summed E-state index contributed by atoms with van der Waals surface area (Å²) in [6.45, 7) is 11.3. The summed E-state index contributed by atoms with van der Waals surface area (Å²) in [5.41, 5.74) is 1.17. The van der Waals surface area contributed by atoms with Crippen LogP contribution in [0.5, 0.6) is 0 Å². The lowest BCUT2D eigenvalue weighted by atomic mass is 9.73. The fourth-order valence-electron chi connectivity index (χ4n) is 2.55. The highest BCUT2D eigenvalue weighted by Gasteiger charge is 2.33. The summed E-state index contributed by atoms with van der Waals surface area (Å²) in [7, 11) is 0. The number of rotatable bonds is 4. The first kappa shape index (κ1) is 15.7. The van der Waals surface area contributed by atoms with E-state index in [0.29, 0.717) is 5.41 Å². The number of aliphatic imine (C=N–C) groups is 1. The number of nitrogens with zero attached hydrogens (tertiary/aromatic N) is 2. The SMILES string of the molecule is C=CC=CCC1(CC)CCN(C(=O)N=C(C)C)CC1. The molecular weight excluding hydrogens is 236 g/mol. The zero-order valence-electron chi connectivity index (χ0n) is 12.5. The lowest BCUT2D eigenvalue weighted by Gasteiger charge is -2.40. The lowest BCUT2D eigenvalue weighted by Crippen LogP contribution is -2.42. The van der Waals surface area contributed by atoms with Crippen LogP contribution in [0.1, 0.15) is 46.5 Å². The van der Waals surface area contributed by atoms with Crippen LogP contribution in [0.15, 0.2) is 29.8 Å². The van der Waals surface area contributed by atoms with Crippen LogP contribution < -0.4 is 0 Å². The molecule has 0 aromatic heterocycles. The van der Waals surface area contributed by atoms with Crippen molar-refractivity contribution in [2.75, 3.05) is 13.1 Å². The average molecular weight is 262 g/mol. The van der Waals surface area contributed by atoms with E-state index in [1.54, 1.807) is 0 Å². The van der Waals surface area contributed by atoms with Crippen LogP contribution in [-0.2, 0) is 0 Å². The van der Waals surface area contributed by atoms with E-state index in [2.05, 4.69) is 24.6 Å². The molecule has 0 bridgehead atoms. The molecule has 19 heavy (non-hydrogen) atoms. The second-order valence-electron chi connectivity index (χ2n) is 5.55. The Labute approximate surface area is 117 Å². The van der Waals surface area contributed by atoms with Gasteiger partial charge in [-0.3, -0.25) is 0 Å². The summed E-state index contributed by atoms with van der Waals surface area (Å²) in [5, 5.41) is 0. The molecule has 1 rings (SSSR count). The minimum atomic E-state index is -0.0775. The lowest BCUT2D eigenvalue weighted by molar-refractivity contribution is 0.119. The topological polar surface area (TPSA) is 32.7 Å². The Morgan fingerprint density at radius 3 is 2.47 bits per heavy atom. The van der Waals surface area contributed by atoms with E-state index in [1.807, 2.05) is 30.9 Å². The second kappa shape index (κ2) is 7.27. The molecule has 0 aromatic rings. The van der Waals surface area contributed by atoms with E-state index >= 15 is 0 Å². The molecule has 0 spiro atoms. The number of carbonyl (C=O) groups is 1. The van der Waals surface area contributed by atoms with Gasteiger partial charge in [-0.1, -0.05) is 38.2 Å². The van der Waals surface area contributed by atoms with E-state index in [0.717, 1.165) is 44.5 Å². The zero-order chi connectivity index (χ0) is 14.3. The van der Waals surface area contributed by atoms with E-state index in [9.17, 15) is 4.79 Å². The maximum absolute atomic E-state index is 11.9. The smallest absolute Gasteiger partial charge is 0.323 e. The van der Waals surface area contributed by atoms with Crippen molar-refractivity contribution in [2.24, 2.45) is 10.4 Å². The Kier molecular flexibility index (Phi) is 6.00. The van der Waals surface area contributed by atoms with Crippen LogP contribution >= 0.6 is 0 Å². The Bertz CT molecular complexity index is 370. The summed E-state index contributed by atoms with van der Waals surface area (Å²) in [5.74, 6) is 0. The summed E-state index contributed by atoms with van der Waals surface area (Å²) >= 11 is 0. The van der Waals surface area contributed by atoms with Crippen molar-refractivity contribution < 1.29 is 4.79 Å². The first-order valence-corrected chi connectivity index (χ1v) is 7.11. The van der Waals surface area contributed by atoms with Crippen LogP contribution in [-0.4, -0.2) is 29.7 Å². The summed E-state index contributed by atoms with van der Waals surface area (Å²) < 4.78 is 0. The monoisotopic (exact) mass is 262 g/mol. The van der Waals surface area contributed by atoms with Crippen molar-refractivity contribution in [1.82, 2.24) is 4.90 Å². The molecule has 0 aromatic carbocycles. The molecule has 0 atom stereocenters. The average Bonchev–Trinajstić information content (AvgIpc) is 2.39. The van der Waals surface area contributed by atoms with E-state index in [1.165, 1.54) is 0 Å². The molecule has 0 unspecified atom stereocenters. The maximum Gasteiger partial charge on any atom is 0.343 e. The first-order chi connectivity index (χ1) is 9.03. The third-order valence-corrected chi connectivity index (χ3v) is 3.99. The molecule has 1 fully saturated rings. The van der Waals surface area contributed by atoms with Crippen LogP contribution in [0.2, 0.25) is 0 Å². The number of likely N-dealkylation sites (tertiary alicyclic amines) is 1. The van der Waals surface area contributed by atoms with Crippen molar-refractivity contribution in [1.29, 1.82) is 0 Å². The van der Waals surface area contributed by atoms with Gasteiger partial charge in [0.25, 0.3) is 0 Å². The molecule has 3 heteroatoms. The maximum atomic E-state index is 11.9. The Balaban J connectivity index is 2.58. The molecule has 1 aliphatic heterocycles. The molecule has 1 heterocycles. The molecule has 1 saturated heterocycles. The molecule has 106 valence electrons. The number of amides is 2. The molecule has 0 aliphatic carbocycles. The molecule has 0 saturated carbocycles. The molecule has 1 aliphatic rings. The summed E-state index contributed by atoms with van der Waals surface area (Å²) in [6.07, 6.45) is 10.4. The Hall–Kier alpha value is -1.38. The van der Waals surface area contributed by atoms with Crippen molar-refractivity contribution in [3.05, 3.63) is 24.8 Å². The van der Waals surface area contributed by atoms with E-state index in [-0.39, 0.29) is 6.03 Å². The molecule has 2 amide bonds. The van der Waals surface area contributed by atoms with Crippen LogP contribution in [0.3, 0.4) is 0 Å². The first-order valence-electron chi connectivity index (χ1n) is 7.11. The predicted molar refractivity (Wildman–Crippen MR) is 81.7 cm³/mol. The van der Waals surface area contributed by atoms with Gasteiger partial charge in [0.05, 0.1) is 0 Å². The normalized spacial score (nSPS) is 18.4. The zero-order valence-corrected chi connectivity index (χ0v) is 12.5. The van der Waals surface area contributed by atoms with Crippen LogP contribution in [0.25, 0.3) is 0 Å². The summed E-state index contributed by atoms with van der Waals surface area (Å²) in [4.78, 5) is 17.8. The van der Waals surface area contributed by atoms with Crippen molar-refractivity contribution in [3.63, 3.8) is 0 Å². The van der Waals surface area contributed by atoms with Crippen LogP contribution in [0, 0.1) is 5.41 Å². The Morgan fingerprint density at radius 1 is 1.37 bits per heavy atom. The minimum Gasteiger partial charge on any atom is -0.323 e. The van der Waals surface area contributed by atoms with Crippen LogP contribution in [0.4, 0.5) is 4.79 Å². The number of carbonyl (C=O) groups excluding carboxylic acids is 1. The number of allylic oxidation sites excluding steroid dienone is 3. The largest absolute Gasteiger partial charge is 0.343 e. The van der Waals surface area contributed by atoms with E-state index in [4.69, 9.17) is 0 Å². The van der Waals surface area contributed by atoms with Gasteiger partial charge in [-0.25, -0.2) is 9.79 Å². The number of urea groups is 1. The fourth-order valence-corrected chi connectivity index (χ4v) is 2.55. The minimum absolute atomic E-state index is 0.0775. The Morgan fingerprint density at radius 2 is 2.00 bits per heavy atom. The van der Waals surface area contributed by atoms with Crippen molar-refractivity contribution >= 4 is 11.7 Å². The molecule has 0 radical (unpaired) electrons. The van der Waals surface area contributed by atoms with Gasteiger partial charge in [-0.2, -0.15) is 0 Å². The highest BCUT2D eigenvalue weighted by molar-refractivity contribution is 5.92. The van der Waals surface area contributed by atoms with Crippen molar-refractivity contribution in [2.45, 2.75) is 46.5 Å². The second-order valence-corrected chi connectivity index (χ2v) is 5.55. The third kappa shape index (κ3) is 4.66. The predicted octanol–water partition coefficient (Wildman–Crippen LogP) is 4.21. The fraction of sp³-hybridized carbons (Fsp3) is 0.625. The number of piperidine rings is 1. The van der Waals surface area contributed by atoms with Gasteiger partial charge in [0.15, 0.2) is 0 Å². The third-order valence-electron chi connectivity index (χ3n) is 3.99. The summed E-state index contributed by atoms with van der Waals surface area (Å²) in [6, 6.07) is -0.0775. The number of hydrogen-bond acceptors (Lipinski definition) is 1. The quantitative estimate of drug-likeness (QED) is 0.551. The van der Waals surface area contributed by atoms with Crippen molar-refractivity contribution in [3.8, 4) is 0 Å². The highest BCUT2D eigenvalue weighted by atomic mass is 16.2. The van der Waals surface area contributed by atoms with Gasteiger partial charge in [-0.15, -0.1) is 0 Å². The highest BCUT2D eigenvalue weighted by Crippen LogP contribution is 2.38. The van der Waals surface area contributed by atoms with Gasteiger partial charge < -0.3 is 4.90 Å². The van der Waals surface area contributed by atoms with Gasteiger partial charge in [0.2, 0.25) is 0 Å². The van der Waals surface area contributed by atoms with Gasteiger partial charge in [0, 0.05) is 18.8 Å². The number of hydrogen-bond donors (Lipinski definition) is 0. The van der Waals surface area contributed by atoms with E-state index < -0.39 is 0 Å². The molecule has 0 N–H and O–H groups in total. The van der Waals surface area contributed by atoms with Gasteiger partial charge in [0.1, 0.15) is 0 Å². The molecule has 3 nitrogen and oxygen atoms in total.